The van der Waals surface area contributed by atoms with Crippen LogP contribution in [-0.2, 0) is 17.8 Å². The number of benzene rings is 1. The van der Waals surface area contributed by atoms with Gasteiger partial charge in [-0.2, -0.15) is 0 Å². The molecule has 0 aliphatic rings. The van der Waals surface area contributed by atoms with Crippen molar-refractivity contribution in [3.63, 3.8) is 0 Å². The van der Waals surface area contributed by atoms with Gasteiger partial charge in [-0.05, 0) is 17.7 Å². The molecule has 0 fully saturated rings. The molecular weight excluding hydrogens is 287 g/mol. The van der Waals surface area contributed by atoms with Gasteiger partial charge in [-0.25, -0.2) is 4.39 Å². The smallest absolute Gasteiger partial charge is 0.224 e. The minimum absolute atomic E-state index is 0.0396. The number of carbonyl (C=O) groups is 1. The van der Waals surface area contributed by atoms with Crippen LogP contribution in [0.1, 0.15) is 16.0 Å². The lowest BCUT2D eigenvalue weighted by Gasteiger charge is -2.04. The van der Waals surface area contributed by atoms with Gasteiger partial charge in [0.25, 0.3) is 0 Å². The number of amides is 1. The number of halogens is 1. The highest BCUT2D eigenvalue weighted by molar-refractivity contribution is 7.10. The Bertz CT molecular complexity index is 685. The van der Waals surface area contributed by atoms with Crippen molar-refractivity contribution in [3.05, 3.63) is 57.5 Å². The van der Waals surface area contributed by atoms with Gasteiger partial charge in [0.2, 0.25) is 5.91 Å². The third-order valence-corrected chi connectivity index (χ3v) is 3.69. The van der Waals surface area contributed by atoms with Crippen molar-refractivity contribution < 1.29 is 9.18 Å². The highest BCUT2D eigenvalue weighted by Gasteiger charge is 2.07. The first-order valence-corrected chi connectivity index (χ1v) is 7.33. The number of nitrogens with two attached hydrogens (primary N) is 1. The Labute approximate surface area is 127 Å². The Morgan fingerprint density at radius 2 is 2.19 bits per heavy atom. The van der Waals surface area contributed by atoms with Crippen molar-refractivity contribution >= 4 is 17.2 Å². The van der Waals surface area contributed by atoms with Gasteiger partial charge in [0.1, 0.15) is 5.82 Å². The van der Waals surface area contributed by atoms with E-state index in [1.807, 2.05) is 11.4 Å². The molecule has 0 aliphatic heterocycles. The standard InChI is InChI=1S/C16H15FN2OS/c17-15-6-2-1-5-13(15)9-16(20)19-10-14-8-12(11-21-14)4-3-7-18/h1-2,5-6,8,11H,7,9-10,18H2,(H,19,20). The summed E-state index contributed by atoms with van der Waals surface area (Å²) in [5, 5.41) is 4.69. The Hall–Kier alpha value is -2.16. The predicted molar refractivity (Wildman–Crippen MR) is 82.2 cm³/mol. The summed E-state index contributed by atoms with van der Waals surface area (Å²) in [6.45, 7) is 0.743. The lowest BCUT2D eigenvalue weighted by molar-refractivity contribution is -0.120. The monoisotopic (exact) mass is 302 g/mol. The van der Waals surface area contributed by atoms with Gasteiger partial charge in [-0.1, -0.05) is 30.0 Å². The van der Waals surface area contributed by atoms with Gasteiger partial charge in [0.15, 0.2) is 0 Å². The van der Waals surface area contributed by atoms with Gasteiger partial charge in [-0.3, -0.25) is 4.79 Å². The fourth-order valence-corrected chi connectivity index (χ4v) is 2.51. The van der Waals surface area contributed by atoms with Crippen LogP contribution in [0.15, 0.2) is 35.7 Å². The van der Waals surface area contributed by atoms with Crippen LogP contribution in [0.25, 0.3) is 0 Å². The van der Waals surface area contributed by atoms with Crippen LogP contribution in [0, 0.1) is 17.7 Å². The Morgan fingerprint density at radius 3 is 2.95 bits per heavy atom. The van der Waals surface area contributed by atoms with Gasteiger partial charge in [-0.15, -0.1) is 11.3 Å². The summed E-state index contributed by atoms with van der Waals surface area (Å²) in [6.07, 6.45) is 0.0396. The third-order valence-electron chi connectivity index (χ3n) is 2.76. The van der Waals surface area contributed by atoms with Crippen LogP contribution in [0.3, 0.4) is 0 Å². The van der Waals surface area contributed by atoms with E-state index in [0.717, 1.165) is 10.4 Å². The molecule has 0 saturated heterocycles. The van der Waals surface area contributed by atoms with E-state index in [9.17, 15) is 9.18 Å². The zero-order valence-corrected chi connectivity index (χ0v) is 12.2. The van der Waals surface area contributed by atoms with Crippen molar-refractivity contribution in [2.45, 2.75) is 13.0 Å². The minimum atomic E-state index is -0.358. The Kier molecular flexibility index (Phi) is 5.50. The summed E-state index contributed by atoms with van der Waals surface area (Å²) in [4.78, 5) is 12.8. The van der Waals surface area contributed by atoms with Gasteiger partial charge in [0, 0.05) is 15.8 Å². The largest absolute Gasteiger partial charge is 0.351 e. The molecule has 21 heavy (non-hydrogen) atoms. The molecule has 0 unspecified atom stereocenters. The maximum atomic E-state index is 13.4. The molecule has 1 heterocycles. The normalized spacial score (nSPS) is 9.81. The lowest BCUT2D eigenvalue weighted by atomic mass is 10.1. The number of hydrogen-bond acceptors (Lipinski definition) is 3. The van der Waals surface area contributed by atoms with E-state index < -0.39 is 0 Å². The van der Waals surface area contributed by atoms with E-state index in [-0.39, 0.29) is 18.1 Å². The van der Waals surface area contributed by atoms with Crippen LogP contribution in [0.5, 0.6) is 0 Å². The van der Waals surface area contributed by atoms with Gasteiger partial charge in [0.05, 0.1) is 19.5 Å². The maximum absolute atomic E-state index is 13.4. The molecule has 0 spiro atoms. The highest BCUT2D eigenvalue weighted by Crippen LogP contribution is 2.13. The van der Waals surface area contributed by atoms with E-state index in [1.54, 1.807) is 18.2 Å². The summed E-state index contributed by atoms with van der Waals surface area (Å²) in [5.74, 6) is 5.15. The first kappa shape index (κ1) is 15.2. The first-order valence-electron chi connectivity index (χ1n) is 6.45. The molecule has 1 aromatic carbocycles. The van der Waals surface area contributed by atoms with E-state index in [1.165, 1.54) is 17.4 Å². The van der Waals surface area contributed by atoms with Gasteiger partial charge < -0.3 is 11.1 Å². The fourth-order valence-electron chi connectivity index (χ4n) is 1.75. The zero-order chi connectivity index (χ0) is 15.1. The van der Waals surface area contributed by atoms with Crippen LogP contribution >= 0.6 is 11.3 Å². The summed E-state index contributed by atoms with van der Waals surface area (Å²) >= 11 is 1.52. The van der Waals surface area contributed by atoms with Crippen LogP contribution in [0.2, 0.25) is 0 Å². The highest BCUT2D eigenvalue weighted by atomic mass is 32.1. The summed E-state index contributed by atoms with van der Waals surface area (Å²) < 4.78 is 13.4. The number of rotatable bonds is 4. The molecule has 0 aliphatic carbocycles. The second-order valence-electron chi connectivity index (χ2n) is 4.35. The predicted octanol–water partition coefficient (Wildman–Crippen LogP) is 2.06. The summed E-state index contributed by atoms with van der Waals surface area (Å²) in [5.41, 5.74) is 6.60. The SMILES string of the molecule is NCC#Cc1csc(CNC(=O)Cc2ccccc2F)c1. The molecule has 0 radical (unpaired) electrons. The Morgan fingerprint density at radius 1 is 1.38 bits per heavy atom. The van der Waals surface area contributed by atoms with Crippen molar-refractivity contribution in [2.75, 3.05) is 6.54 Å². The summed E-state index contributed by atoms with van der Waals surface area (Å²) in [6, 6.07) is 8.20. The maximum Gasteiger partial charge on any atom is 0.224 e. The number of thiophene rings is 1. The zero-order valence-electron chi connectivity index (χ0n) is 11.4. The van der Waals surface area contributed by atoms with Crippen molar-refractivity contribution in [2.24, 2.45) is 5.73 Å². The number of nitrogens with one attached hydrogen (secondary N) is 1. The Balaban J connectivity index is 1.87. The molecule has 1 aromatic heterocycles. The van der Waals surface area contributed by atoms with Crippen molar-refractivity contribution in [1.82, 2.24) is 5.32 Å². The van der Waals surface area contributed by atoms with Crippen LogP contribution in [-0.4, -0.2) is 12.5 Å². The molecule has 1 amide bonds. The first-order chi connectivity index (χ1) is 10.2. The summed E-state index contributed by atoms with van der Waals surface area (Å²) in [7, 11) is 0. The molecule has 108 valence electrons. The van der Waals surface area contributed by atoms with E-state index in [4.69, 9.17) is 5.73 Å². The average Bonchev–Trinajstić information content (AvgIpc) is 2.93. The topological polar surface area (TPSA) is 55.1 Å². The molecule has 0 saturated carbocycles. The molecule has 3 nitrogen and oxygen atoms in total. The van der Waals surface area contributed by atoms with Gasteiger partial charge >= 0.3 is 0 Å². The van der Waals surface area contributed by atoms with Crippen molar-refractivity contribution in [3.8, 4) is 11.8 Å². The van der Waals surface area contributed by atoms with Crippen LogP contribution in [0.4, 0.5) is 4.39 Å². The molecule has 2 aromatic rings. The third kappa shape index (κ3) is 4.71. The van der Waals surface area contributed by atoms with Crippen LogP contribution < -0.4 is 11.1 Å². The van der Waals surface area contributed by atoms with E-state index in [0.29, 0.717) is 18.7 Å². The second-order valence-corrected chi connectivity index (χ2v) is 5.35. The molecule has 0 bridgehead atoms. The molecule has 2 rings (SSSR count). The van der Waals surface area contributed by atoms with E-state index in [2.05, 4.69) is 17.2 Å². The number of hydrogen-bond donors (Lipinski definition) is 2. The lowest BCUT2D eigenvalue weighted by Crippen LogP contribution is -2.24. The minimum Gasteiger partial charge on any atom is -0.351 e. The van der Waals surface area contributed by atoms with E-state index >= 15 is 0 Å². The van der Waals surface area contributed by atoms with Crippen molar-refractivity contribution in [1.29, 1.82) is 0 Å². The molecule has 0 atom stereocenters. The average molecular weight is 302 g/mol. The molecule has 5 heteroatoms. The second kappa shape index (κ2) is 7.58. The quantitative estimate of drug-likeness (QED) is 0.849. The molecule has 3 N–H and O–H groups in total. The number of carbonyl (C=O) groups excluding carboxylic acids is 1. The fraction of sp³-hybridized carbons (Fsp3) is 0.188. The molecular formula is C16H15FN2OS.